The monoisotopic (exact) mass is 798 g/mol. The van der Waals surface area contributed by atoms with Crippen molar-refractivity contribution in [1.29, 1.82) is 0 Å². The van der Waals surface area contributed by atoms with Gasteiger partial charge in [0.15, 0.2) is 5.79 Å². The maximum absolute atomic E-state index is 14.0. The third-order valence-corrected chi connectivity index (χ3v) is 12.7. The summed E-state index contributed by atoms with van der Waals surface area (Å²) in [7, 11) is 1.28. The van der Waals surface area contributed by atoms with E-state index in [2.05, 4.69) is 74.1 Å². The molecule has 2 saturated heterocycles. The van der Waals surface area contributed by atoms with Crippen LogP contribution in [0.2, 0.25) is 0 Å². The topological polar surface area (TPSA) is 176 Å². The summed E-state index contributed by atoms with van der Waals surface area (Å²) in [6, 6.07) is 19.3. The molecule has 2 saturated carbocycles. The van der Waals surface area contributed by atoms with Crippen LogP contribution in [0.25, 0.3) is 33.6 Å². The van der Waals surface area contributed by atoms with Crippen LogP contribution in [-0.2, 0) is 30.3 Å². The molecular weight excluding hydrogens is 749 g/mol. The zero-order valence-electron chi connectivity index (χ0n) is 33.5. The minimum Gasteiger partial charge on any atom is -0.453 e. The second-order valence-corrected chi connectivity index (χ2v) is 16.6. The number of benzene rings is 2. The predicted molar refractivity (Wildman–Crippen MR) is 218 cm³/mol. The van der Waals surface area contributed by atoms with Crippen molar-refractivity contribution >= 4 is 17.9 Å². The lowest BCUT2D eigenvalue weighted by Gasteiger charge is -2.30. The highest BCUT2D eigenvalue weighted by molar-refractivity contribution is 5.86. The Hall–Kier alpha value is -5.86. The summed E-state index contributed by atoms with van der Waals surface area (Å²) in [6.07, 6.45) is 10.3. The maximum Gasteiger partial charge on any atom is 0.407 e. The number of ether oxygens (including phenoxy) is 3. The fourth-order valence-electron chi connectivity index (χ4n) is 9.76. The molecule has 3 aromatic heterocycles. The number of methoxy groups -OCH3 is 1. The molecule has 3 unspecified atom stereocenters. The molecule has 5 aromatic rings. The third kappa shape index (κ3) is 7.62. The SMILES string of the molecule is COC(=O)N[C@H](C(=O)N1CC2(C[C@H]1c1ncc(-c3ccc(-c4ccc(-c5cnc([C@@H]6C7CCC(C7)C6C(=O)NCc6cccnc6)[nH]5)cc4)cc3)[nH]1)OCCO2)C(C)C. The molecule has 0 radical (unpaired) electrons. The van der Waals surface area contributed by atoms with Crippen molar-refractivity contribution in [2.24, 2.45) is 23.7 Å². The second-order valence-electron chi connectivity index (χ2n) is 16.6. The van der Waals surface area contributed by atoms with E-state index in [9.17, 15) is 14.4 Å². The van der Waals surface area contributed by atoms with Crippen molar-refractivity contribution in [1.82, 2.24) is 40.5 Å². The van der Waals surface area contributed by atoms with Crippen LogP contribution in [0.1, 0.15) is 68.7 Å². The Morgan fingerprint density at radius 1 is 0.864 bits per heavy atom. The highest BCUT2D eigenvalue weighted by Gasteiger charge is 2.54. The molecule has 2 aromatic carbocycles. The molecule has 9 rings (SSSR count). The largest absolute Gasteiger partial charge is 0.453 e. The molecule has 4 aliphatic rings. The number of nitrogens with one attached hydrogen (secondary N) is 4. The summed E-state index contributed by atoms with van der Waals surface area (Å²) in [5.74, 6) is 1.11. The van der Waals surface area contributed by atoms with Crippen LogP contribution in [0.15, 0.2) is 85.5 Å². The zero-order chi connectivity index (χ0) is 40.7. The Morgan fingerprint density at radius 3 is 2.12 bits per heavy atom. The van der Waals surface area contributed by atoms with E-state index in [1.807, 2.05) is 32.2 Å². The van der Waals surface area contributed by atoms with Crippen LogP contribution in [0, 0.1) is 23.7 Å². The minimum absolute atomic E-state index is 0.0827. The predicted octanol–water partition coefficient (Wildman–Crippen LogP) is 6.37. The summed E-state index contributed by atoms with van der Waals surface area (Å²) in [6.45, 7) is 5.35. The zero-order valence-corrected chi connectivity index (χ0v) is 33.5. The van der Waals surface area contributed by atoms with Crippen molar-refractivity contribution in [3.8, 4) is 33.6 Å². The van der Waals surface area contributed by atoms with Crippen LogP contribution in [0.5, 0.6) is 0 Å². The number of nitrogens with zero attached hydrogens (tertiary/aromatic N) is 4. The lowest BCUT2D eigenvalue weighted by Crippen LogP contribution is -2.52. The first-order valence-corrected chi connectivity index (χ1v) is 20.6. The Morgan fingerprint density at radius 2 is 1.49 bits per heavy atom. The number of alkyl carbamates (subject to hydrolysis) is 1. The summed E-state index contributed by atoms with van der Waals surface area (Å²) in [5, 5.41) is 5.88. The third-order valence-electron chi connectivity index (χ3n) is 12.7. The highest BCUT2D eigenvalue weighted by Crippen LogP contribution is 2.56. The molecule has 14 nitrogen and oxygen atoms in total. The Kier molecular flexibility index (Phi) is 10.5. The number of aromatic amines is 2. The molecule has 2 bridgehead atoms. The van der Waals surface area contributed by atoms with Gasteiger partial charge in [-0.05, 0) is 70.9 Å². The number of carbonyl (C=O) groups excluding carboxylic acids is 3. The van der Waals surface area contributed by atoms with Gasteiger partial charge in [-0.3, -0.25) is 14.6 Å². The fraction of sp³-hybridized carbons (Fsp3) is 0.422. The molecule has 5 heterocycles. The fourth-order valence-corrected chi connectivity index (χ4v) is 9.76. The number of rotatable bonds is 11. The molecule has 6 atom stereocenters. The van der Waals surface area contributed by atoms with Crippen molar-refractivity contribution in [3.63, 3.8) is 0 Å². The van der Waals surface area contributed by atoms with Gasteiger partial charge in [-0.15, -0.1) is 0 Å². The van der Waals surface area contributed by atoms with Gasteiger partial charge >= 0.3 is 6.09 Å². The first-order valence-electron chi connectivity index (χ1n) is 20.6. The van der Waals surface area contributed by atoms with E-state index in [-0.39, 0.29) is 36.1 Å². The van der Waals surface area contributed by atoms with Crippen molar-refractivity contribution in [3.05, 3.63) is 103 Å². The van der Waals surface area contributed by atoms with E-state index in [1.165, 1.54) is 7.11 Å². The van der Waals surface area contributed by atoms with Gasteiger partial charge < -0.3 is 39.7 Å². The van der Waals surface area contributed by atoms with Gasteiger partial charge in [0.2, 0.25) is 11.8 Å². The van der Waals surface area contributed by atoms with Gasteiger partial charge in [-0.2, -0.15) is 0 Å². The average Bonchev–Trinajstić information content (AvgIpc) is 4.14. The number of amides is 3. The van der Waals surface area contributed by atoms with Crippen LogP contribution >= 0.6 is 0 Å². The standard InChI is InChI=1S/C45H50N8O6/c1-26(2)39(52-44(56)57-3)43(55)53-25-45(58-17-18-59-45)20-36(53)40-47-23-34(50-40)30-10-6-28(7-11-30)29-8-12-31(13-9-29)35-24-48-41(51-35)37-32-14-15-33(19-32)38(37)42(54)49-22-27-5-4-16-46-21-27/h4-13,16,21,23-24,26,32-33,36-39H,14-15,17-20,22,25H2,1-3H3,(H,47,50)(H,48,51)(H,49,54)(H,52,56)/t32?,33?,36-,37+,38?,39-/m0/s1. The Labute approximate surface area is 342 Å². The van der Waals surface area contributed by atoms with Gasteiger partial charge in [-0.25, -0.2) is 14.8 Å². The van der Waals surface area contributed by atoms with Gasteiger partial charge in [-0.1, -0.05) is 68.4 Å². The number of aromatic nitrogens is 5. The van der Waals surface area contributed by atoms with E-state index in [0.717, 1.165) is 64.3 Å². The summed E-state index contributed by atoms with van der Waals surface area (Å²) in [4.78, 5) is 62.2. The number of H-pyrrole nitrogens is 2. The van der Waals surface area contributed by atoms with Crippen LogP contribution in [0.3, 0.4) is 0 Å². The molecule has 2 aliphatic heterocycles. The average molecular weight is 799 g/mol. The van der Waals surface area contributed by atoms with Gasteiger partial charge in [0, 0.05) is 31.3 Å². The van der Waals surface area contributed by atoms with E-state index >= 15 is 0 Å². The minimum atomic E-state index is -0.922. The van der Waals surface area contributed by atoms with Crippen LogP contribution in [-0.4, -0.2) is 86.4 Å². The molecule has 306 valence electrons. The molecule has 4 N–H and O–H groups in total. The van der Waals surface area contributed by atoms with Crippen LogP contribution in [0.4, 0.5) is 4.79 Å². The molecule has 1 spiro atoms. The smallest absolute Gasteiger partial charge is 0.407 e. The van der Waals surface area contributed by atoms with Crippen molar-refractivity contribution in [2.45, 2.75) is 69.9 Å². The van der Waals surface area contributed by atoms with Gasteiger partial charge in [0.25, 0.3) is 0 Å². The lowest BCUT2D eigenvalue weighted by atomic mass is 9.78. The number of hydrogen-bond acceptors (Lipinski definition) is 9. The summed E-state index contributed by atoms with van der Waals surface area (Å²) >= 11 is 0. The Bertz CT molecular complexity index is 2280. The maximum atomic E-state index is 14.0. The molecule has 14 heteroatoms. The number of pyridine rings is 1. The summed E-state index contributed by atoms with van der Waals surface area (Å²) in [5.41, 5.74) is 6.87. The quantitative estimate of drug-likeness (QED) is 0.118. The van der Waals surface area contributed by atoms with E-state index in [4.69, 9.17) is 24.2 Å². The first kappa shape index (κ1) is 38.6. The van der Waals surface area contributed by atoms with Gasteiger partial charge in [0.05, 0.1) is 62.6 Å². The number of fused-ring (bicyclic) bond motifs is 2. The molecule has 2 aliphatic carbocycles. The molecular formula is C45H50N8O6. The van der Waals surface area contributed by atoms with E-state index < -0.39 is 24.0 Å². The van der Waals surface area contributed by atoms with E-state index in [0.29, 0.717) is 43.8 Å². The molecule has 4 fully saturated rings. The van der Waals surface area contributed by atoms with Crippen molar-refractivity contribution in [2.75, 3.05) is 26.9 Å². The highest BCUT2D eigenvalue weighted by atomic mass is 16.7. The number of carbonyl (C=O) groups is 3. The number of hydrogen-bond donors (Lipinski definition) is 4. The normalized spacial score (nSPS) is 23.5. The summed E-state index contributed by atoms with van der Waals surface area (Å²) < 4.78 is 16.9. The molecule has 3 amide bonds. The van der Waals surface area contributed by atoms with Gasteiger partial charge in [0.1, 0.15) is 17.7 Å². The van der Waals surface area contributed by atoms with Crippen LogP contribution < -0.4 is 10.6 Å². The lowest BCUT2D eigenvalue weighted by molar-refractivity contribution is -0.153. The Balaban J connectivity index is 0.874. The first-order chi connectivity index (χ1) is 28.7. The second kappa shape index (κ2) is 16.1. The molecule has 59 heavy (non-hydrogen) atoms. The van der Waals surface area contributed by atoms with Crippen molar-refractivity contribution < 1.29 is 28.6 Å². The number of likely N-dealkylation sites (tertiary alicyclic amines) is 1. The van der Waals surface area contributed by atoms with E-state index in [1.54, 1.807) is 23.5 Å². The number of imidazole rings is 2.